The lowest BCUT2D eigenvalue weighted by atomic mass is 9.95. The van der Waals surface area contributed by atoms with Gasteiger partial charge in [0.2, 0.25) is 0 Å². The average molecular weight is 411 g/mol. The Morgan fingerprint density at radius 3 is 1.86 bits per heavy atom. The zero-order valence-corrected chi connectivity index (χ0v) is 16.7. The summed E-state index contributed by atoms with van der Waals surface area (Å²) in [6.45, 7) is 0. The van der Waals surface area contributed by atoms with Crippen LogP contribution in [0.5, 0.6) is 17.2 Å². The van der Waals surface area contributed by atoms with E-state index in [0.717, 1.165) is 28.2 Å². The third kappa shape index (κ3) is 3.91. The van der Waals surface area contributed by atoms with Gasteiger partial charge < -0.3 is 19.0 Å². The summed E-state index contributed by atoms with van der Waals surface area (Å²) in [4.78, 5) is 11.9. The molecule has 0 radical (unpaired) electrons. The minimum atomic E-state index is -0.318. The average Bonchev–Trinajstić information content (AvgIpc) is 2.72. The van der Waals surface area contributed by atoms with Gasteiger partial charge in [-0.1, -0.05) is 12.1 Å². The van der Waals surface area contributed by atoms with E-state index in [1.165, 1.54) is 12.1 Å². The number of phenols is 1. The second kappa shape index (κ2) is 8.29. The van der Waals surface area contributed by atoms with Crippen LogP contribution in [0.4, 0.5) is 0 Å². The summed E-state index contributed by atoms with van der Waals surface area (Å²) < 4.78 is 16.4. The molecular weight excluding hydrogens is 392 g/mol. The number of halogens is 1. The lowest BCUT2D eigenvalue weighted by Gasteiger charge is -2.16. The van der Waals surface area contributed by atoms with Gasteiger partial charge in [0, 0.05) is 23.3 Å². The largest absolute Gasteiger partial charge is 0.507 e. The highest BCUT2D eigenvalue weighted by Crippen LogP contribution is 2.42. The van der Waals surface area contributed by atoms with Crippen LogP contribution < -0.4 is 14.9 Å². The second-order valence-electron chi connectivity index (χ2n) is 6.30. The minimum Gasteiger partial charge on any atom is -0.507 e. The van der Waals surface area contributed by atoms with E-state index in [0.29, 0.717) is 17.1 Å². The predicted molar refractivity (Wildman–Crippen MR) is 114 cm³/mol. The van der Waals surface area contributed by atoms with E-state index in [-0.39, 0.29) is 23.6 Å². The first kappa shape index (κ1) is 20.3. The van der Waals surface area contributed by atoms with Crippen molar-refractivity contribution < 1.29 is 19.0 Å². The number of hydrogen-bond donors (Lipinski definition) is 1. The third-order valence-corrected chi connectivity index (χ3v) is 4.60. The maximum absolute atomic E-state index is 11.9. The molecule has 6 heteroatoms. The quantitative estimate of drug-likeness (QED) is 0.499. The van der Waals surface area contributed by atoms with E-state index in [2.05, 4.69) is 0 Å². The molecule has 1 aliphatic heterocycles. The Morgan fingerprint density at radius 2 is 1.31 bits per heavy atom. The number of methoxy groups -OCH3 is 2. The fourth-order valence-electron chi connectivity index (χ4n) is 3.17. The van der Waals surface area contributed by atoms with Crippen LogP contribution in [0.3, 0.4) is 0 Å². The minimum absolute atomic E-state index is 0. The molecule has 0 spiro atoms. The molecule has 0 amide bonds. The van der Waals surface area contributed by atoms with Crippen molar-refractivity contribution in [2.24, 2.45) is 0 Å². The Hall–Kier alpha value is -3.44. The van der Waals surface area contributed by atoms with Crippen LogP contribution in [-0.2, 0) is 0 Å². The van der Waals surface area contributed by atoms with Crippen LogP contribution in [0, 0.1) is 0 Å². The van der Waals surface area contributed by atoms with Crippen molar-refractivity contribution in [3.8, 4) is 51.0 Å². The first-order chi connectivity index (χ1) is 13.6. The Bertz CT molecular complexity index is 1150. The lowest BCUT2D eigenvalue weighted by molar-refractivity contribution is 0.414. The van der Waals surface area contributed by atoms with Gasteiger partial charge in [-0.15, -0.1) is 12.4 Å². The monoisotopic (exact) mass is 410 g/mol. The van der Waals surface area contributed by atoms with Crippen molar-refractivity contribution in [3.05, 3.63) is 77.0 Å². The molecule has 2 aromatic carbocycles. The number of fused-ring (bicyclic) bond motifs is 1. The fourth-order valence-corrected chi connectivity index (χ4v) is 3.17. The van der Waals surface area contributed by atoms with Gasteiger partial charge in [-0.25, -0.2) is 0 Å². The van der Waals surface area contributed by atoms with Crippen molar-refractivity contribution in [1.82, 2.24) is 0 Å². The van der Waals surface area contributed by atoms with Gasteiger partial charge in [0.25, 0.3) is 0 Å². The smallest absolute Gasteiger partial charge is 0.186 e. The number of aromatic hydroxyl groups is 1. The molecule has 0 fully saturated rings. The Balaban J connectivity index is 0.00000240. The van der Waals surface area contributed by atoms with Crippen molar-refractivity contribution in [2.75, 3.05) is 14.2 Å². The lowest BCUT2D eigenvalue weighted by Crippen LogP contribution is -2.00. The number of benzene rings is 3. The van der Waals surface area contributed by atoms with E-state index in [1.807, 2.05) is 54.6 Å². The molecule has 0 unspecified atom stereocenters. The normalized spacial score (nSPS) is 10.4. The molecule has 4 rings (SSSR count). The fraction of sp³-hybridized carbons (Fsp3) is 0.0870. The van der Waals surface area contributed by atoms with E-state index in [9.17, 15) is 9.90 Å². The molecule has 0 aromatic heterocycles. The molecule has 1 heterocycles. The molecule has 0 atom stereocenters. The van der Waals surface area contributed by atoms with Crippen LogP contribution in [0.25, 0.3) is 33.8 Å². The van der Waals surface area contributed by atoms with E-state index < -0.39 is 0 Å². The van der Waals surface area contributed by atoms with Gasteiger partial charge in [0.05, 0.1) is 19.8 Å². The highest BCUT2D eigenvalue weighted by molar-refractivity contribution is 5.88. The van der Waals surface area contributed by atoms with Crippen molar-refractivity contribution in [3.63, 3.8) is 0 Å². The molecule has 2 aliphatic rings. The Morgan fingerprint density at radius 1 is 0.759 bits per heavy atom. The van der Waals surface area contributed by atoms with Crippen molar-refractivity contribution in [1.29, 1.82) is 0 Å². The summed E-state index contributed by atoms with van der Waals surface area (Å²) in [6, 6.07) is 19.3. The summed E-state index contributed by atoms with van der Waals surface area (Å²) in [6.07, 6.45) is 0. The Labute approximate surface area is 173 Å². The first-order valence-electron chi connectivity index (χ1n) is 8.69. The van der Waals surface area contributed by atoms with Crippen LogP contribution in [0.1, 0.15) is 0 Å². The zero-order chi connectivity index (χ0) is 19.7. The third-order valence-electron chi connectivity index (χ3n) is 4.60. The van der Waals surface area contributed by atoms with Crippen molar-refractivity contribution >= 4 is 12.4 Å². The van der Waals surface area contributed by atoms with Crippen LogP contribution in [0.15, 0.2) is 75.9 Å². The number of rotatable bonds is 4. The van der Waals surface area contributed by atoms with Gasteiger partial charge in [0.15, 0.2) is 5.43 Å². The maximum atomic E-state index is 11.9. The van der Waals surface area contributed by atoms with Gasteiger partial charge in [-0.2, -0.15) is 0 Å². The summed E-state index contributed by atoms with van der Waals surface area (Å²) >= 11 is 0. The molecule has 1 N–H and O–H groups in total. The number of hydrogen-bond acceptors (Lipinski definition) is 5. The van der Waals surface area contributed by atoms with E-state index in [4.69, 9.17) is 13.9 Å². The maximum Gasteiger partial charge on any atom is 0.186 e. The first-order valence-corrected chi connectivity index (χ1v) is 8.69. The zero-order valence-electron chi connectivity index (χ0n) is 15.8. The number of ether oxygens (including phenoxy) is 2. The van der Waals surface area contributed by atoms with Crippen LogP contribution in [-0.4, -0.2) is 19.3 Å². The van der Waals surface area contributed by atoms with E-state index in [1.54, 1.807) is 14.2 Å². The van der Waals surface area contributed by atoms with Gasteiger partial charge in [-0.05, 0) is 48.0 Å². The molecule has 1 aliphatic carbocycles. The molecular formula is C23H19ClO5. The summed E-state index contributed by atoms with van der Waals surface area (Å²) in [5.41, 5.74) is 2.62. The van der Waals surface area contributed by atoms with E-state index >= 15 is 0 Å². The molecule has 0 saturated carbocycles. The SMILES string of the molecule is COc1ccc(-c2cc(-c3ccc(OC)cc3)c3c(O)cc(=O)cc-3o2)cc1.Cl. The van der Waals surface area contributed by atoms with Gasteiger partial charge >= 0.3 is 0 Å². The van der Waals surface area contributed by atoms with Gasteiger partial charge in [-0.3, -0.25) is 4.79 Å². The second-order valence-corrected chi connectivity index (χ2v) is 6.30. The summed E-state index contributed by atoms with van der Waals surface area (Å²) in [5.74, 6) is 2.25. The molecule has 29 heavy (non-hydrogen) atoms. The molecule has 5 nitrogen and oxygen atoms in total. The standard InChI is InChI=1S/C23H18O5.ClH/c1-26-17-7-3-14(4-8-17)19-13-21(15-5-9-18(27-2)10-6-15)28-22-12-16(24)11-20(25)23(19)22;/h3-13,25H,1-2H3;1H. The molecule has 0 saturated heterocycles. The molecule has 148 valence electrons. The van der Waals surface area contributed by atoms with Crippen LogP contribution >= 0.6 is 12.4 Å². The van der Waals surface area contributed by atoms with Crippen LogP contribution in [0.2, 0.25) is 0 Å². The summed E-state index contributed by atoms with van der Waals surface area (Å²) in [5, 5.41) is 10.4. The predicted octanol–water partition coefficient (Wildman–Crippen LogP) is 5.22. The summed E-state index contributed by atoms with van der Waals surface area (Å²) in [7, 11) is 3.21. The highest BCUT2D eigenvalue weighted by Gasteiger charge is 2.20. The Kier molecular flexibility index (Phi) is 5.80. The number of phenolic OH excluding ortho intramolecular Hbond substituents is 1. The highest BCUT2D eigenvalue weighted by atomic mass is 35.5. The molecule has 0 bridgehead atoms. The van der Waals surface area contributed by atoms with Gasteiger partial charge in [0.1, 0.15) is 28.8 Å². The molecule has 2 aromatic rings. The topological polar surface area (TPSA) is 68.9 Å². The van der Waals surface area contributed by atoms with Crippen molar-refractivity contribution in [2.45, 2.75) is 0 Å².